The van der Waals surface area contributed by atoms with E-state index in [-0.39, 0.29) is 29.3 Å². The molecule has 0 amide bonds. The Morgan fingerprint density at radius 1 is 1.16 bits per heavy atom. The quantitative estimate of drug-likeness (QED) is 0.247. The Kier molecular flexibility index (Phi) is 6.92. The first kappa shape index (κ1) is 29.4. The molecule has 13 heteroatoms. The summed E-state index contributed by atoms with van der Waals surface area (Å²) in [5.41, 5.74) is 2.60. The summed E-state index contributed by atoms with van der Waals surface area (Å²) >= 11 is 0. The Morgan fingerprint density at radius 3 is 2.73 bits per heavy atom. The Bertz CT molecular complexity index is 1560. The Labute approximate surface area is 251 Å². The molecular weight excluding hydrogens is 586 g/mol. The molecule has 7 nitrogen and oxygen atoms in total. The van der Waals surface area contributed by atoms with Gasteiger partial charge in [0.25, 0.3) is 0 Å². The van der Waals surface area contributed by atoms with Crippen LogP contribution in [0, 0.1) is 24.5 Å². The van der Waals surface area contributed by atoms with Crippen molar-refractivity contribution >= 4 is 17.2 Å². The number of hydrogen-bond acceptors (Lipinski definition) is 7. The van der Waals surface area contributed by atoms with Crippen molar-refractivity contribution in [3.63, 3.8) is 0 Å². The van der Waals surface area contributed by atoms with E-state index in [0.717, 1.165) is 70.2 Å². The molecule has 4 aliphatic heterocycles. The van der Waals surface area contributed by atoms with Crippen LogP contribution in [-0.4, -0.2) is 71.0 Å². The highest BCUT2D eigenvalue weighted by molar-refractivity contribution is 6.05. The summed E-state index contributed by atoms with van der Waals surface area (Å²) in [6.07, 6.45) is -0.883. The van der Waals surface area contributed by atoms with Crippen molar-refractivity contribution in [1.29, 1.82) is 0 Å². The highest BCUT2D eigenvalue weighted by atomic mass is 19.4. The lowest BCUT2D eigenvalue weighted by Crippen LogP contribution is -2.46. The average Bonchev–Trinajstić information content (AvgIpc) is 3.37. The van der Waals surface area contributed by atoms with E-state index in [2.05, 4.69) is 21.8 Å². The molecule has 2 aromatic rings. The van der Waals surface area contributed by atoms with E-state index >= 15 is 4.39 Å². The standard InChI is InChI=1S/C31H34F6N6O/c1-15-11-30(7-5-8-42(30)13-15)14-44-29-40-26-19(28(41-29)43-9-4-3-6-17-23(33)27(17)43)12-39-25(24(26)34)18-10-20(38)22(32)16(2)21(18)31(35,36)37/h10,12,17,23,27,29,40H,1,3-9,11,13-14,38H2,2H3/t17-,23-,27-,29?,30+/m1/s1. The van der Waals surface area contributed by atoms with E-state index in [9.17, 15) is 22.0 Å². The Balaban J connectivity index is 1.31. The van der Waals surface area contributed by atoms with Gasteiger partial charge in [0, 0.05) is 36.3 Å². The monoisotopic (exact) mass is 620 g/mol. The number of likely N-dealkylation sites (tertiary alicyclic amines) is 1. The molecule has 236 valence electrons. The number of pyridine rings is 1. The van der Waals surface area contributed by atoms with Crippen LogP contribution in [0.1, 0.15) is 55.2 Å². The van der Waals surface area contributed by atoms with Gasteiger partial charge in [0.05, 0.1) is 35.2 Å². The van der Waals surface area contributed by atoms with Gasteiger partial charge in [-0.1, -0.05) is 18.6 Å². The van der Waals surface area contributed by atoms with Crippen molar-refractivity contribution in [2.24, 2.45) is 10.9 Å². The van der Waals surface area contributed by atoms with E-state index in [0.29, 0.717) is 12.4 Å². The van der Waals surface area contributed by atoms with Crippen LogP contribution in [0.25, 0.3) is 11.3 Å². The summed E-state index contributed by atoms with van der Waals surface area (Å²) in [7, 11) is 0. The van der Waals surface area contributed by atoms with Gasteiger partial charge >= 0.3 is 6.18 Å². The summed E-state index contributed by atoms with van der Waals surface area (Å²) in [5, 5.41) is 2.94. The van der Waals surface area contributed by atoms with Gasteiger partial charge in [-0.05, 0) is 57.2 Å². The van der Waals surface area contributed by atoms with Crippen LogP contribution < -0.4 is 11.1 Å². The molecule has 4 fully saturated rings. The molecule has 44 heavy (non-hydrogen) atoms. The van der Waals surface area contributed by atoms with Gasteiger partial charge in [-0.25, -0.2) is 18.2 Å². The summed E-state index contributed by atoms with van der Waals surface area (Å²) in [6.45, 7) is 7.55. The van der Waals surface area contributed by atoms with Crippen LogP contribution in [-0.2, 0) is 10.9 Å². The van der Waals surface area contributed by atoms with E-state index in [1.807, 2.05) is 4.90 Å². The minimum atomic E-state index is -5.01. The largest absolute Gasteiger partial charge is 0.417 e. The van der Waals surface area contributed by atoms with E-state index in [1.54, 1.807) is 0 Å². The third-order valence-corrected chi connectivity index (χ3v) is 9.93. The van der Waals surface area contributed by atoms with Crippen molar-refractivity contribution in [2.75, 3.05) is 37.3 Å². The van der Waals surface area contributed by atoms with Crippen molar-refractivity contribution in [3.05, 3.63) is 52.7 Å². The Morgan fingerprint density at radius 2 is 1.95 bits per heavy atom. The van der Waals surface area contributed by atoms with Gasteiger partial charge in [0.15, 0.2) is 5.82 Å². The number of hydrogen-bond donors (Lipinski definition) is 2. The van der Waals surface area contributed by atoms with Gasteiger partial charge in [0.1, 0.15) is 23.5 Å². The third kappa shape index (κ3) is 4.65. The zero-order chi connectivity index (χ0) is 31.1. The summed E-state index contributed by atoms with van der Waals surface area (Å²) < 4.78 is 94.8. The molecule has 7 rings (SSSR count). The van der Waals surface area contributed by atoms with E-state index < -0.39 is 64.4 Å². The minimum absolute atomic E-state index is 0.160. The number of alkyl halides is 4. The SMILES string of the molecule is C=C1CN2CCC[C@@]2(COC2N=C(N3CCCC[C@@H]4[C@@H](F)[C@@H]43)c3cnc(-c4cc(N)c(F)c(C)c4C(F)(F)F)c(F)c3N2)C1. The molecule has 5 heterocycles. The number of aromatic nitrogens is 1. The summed E-state index contributed by atoms with van der Waals surface area (Å²) in [4.78, 5) is 13.0. The zero-order valence-electron chi connectivity index (χ0n) is 24.3. The van der Waals surface area contributed by atoms with Crippen LogP contribution in [0.4, 0.5) is 37.7 Å². The lowest BCUT2D eigenvalue weighted by molar-refractivity contribution is -0.137. The molecule has 1 saturated carbocycles. The molecule has 0 radical (unpaired) electrons. The number of aliphatic imine (C=N–C) groups is 1. The maximum atomic E-state index is 16.5. The number of benzene rings is 1. The van der Waals surface area contributed by atoms with Crippen molar-refractivity contribution < 1.29 is 31.1 Å². The number of nitrogens with two attached hydrogens (primary N) is 1. The smallest absolute Gasteiger partial charge is 0.396 e. The second kappa shape index (κ2) is 10.4. The van der Waals surface area contributed by atoms with Gasteiger partial charge in [-0.2, -0.15) is 13.2 Å². The summed E-state index contributed by atoms with van der Waals surface area (Å²) in [5.74, 6) is -2.18. The van der Waals surface area contributed by atoms with Crippen LogP contribution in [0.2, 0.25) is 0 Å². The van der Waals surface area contributed by atoms with E-state index in [1.165, 1.54) is 6.20 Å². The van der Waals surface area contributed by atoms with Crippen molar-refractivity contribution in [2.45, 2.75) is 75.7 Å². The molecule has 1 aromatic carbocycles. The number of halogens is 6. The molecule has 1 aromatic heterocycles. The maximum absolute atomic E-state index is 16.5. The van der Waals surface area contributed by atoms with Gasteiger partial charge < -0.3 is 20.7 Å². The van der Waals surface area contributed by atoms with Crippen molar-refractivity contribution in [1.82, 2.24) is 14.8 Å². The molecule has 5 aliphatic rings. The fraction of sp³-hybridized carbons (Fsp3) is 0.548. The lowest BCUT2D eigenvalue weighted by Gasteiger charge is -2.36. The van der Waals surface area contributed by atoms with Crippen LogP contribution in [0.5, 0.6) is 0 Å². The molecular formula is C31H34F6N6O. The average molecular weight is 621 g/mol. The van der Waals surface area contributed by atoms with E-state index in [4.69, 9.17) is 15.5 Å². The molecule has 1 aliphatic carbocycles. The van der Waals surface area contributed by atoms with Crippen LogP contribution in [0.15, 0.2) is 29.4 Å². The zero-order valence-corrected chi connectivity index (χ0v) is 24.3. The maximum Gasteiger partial charge on any atom is 0.417 e. The Hall–Kier alpha value is -3.32. The minimum Gasteiger partial charge on any atom is -0.396 e. The molecule has 5 atom stereocenters. The fourth-order valence-electron chi connectivity index (χ4n) is 7.79. The number of nitrogens with zero attached hydrogens (tertiary/aromatic N) is 4. The van der Waals surface area contributed by atoms with Gasteiger partial charge in [-0.15, -0.1) is 0 Å². The number of fused-ring (bicyclic) bond motifs is 3. The first-order chi connectivity index (χ1) is 20.9. The number of ether oxygens (including phenoxy) is 1. The number of nitrogen functional groups attached to an aromatic ring is 1. The normalized spacial score (nSPS) is 29.9. The second-order valence-corrected chi connectivity index (χ2v) is 12.8. The number of anilines is 2. The first-order valence-corrected chi connectivity index (χ1v) is 15.0. The van der Waals surface area contributed by atoms with Crippen LogP contribution >= 0.6 is 0 Å². The second-order valence-electron chi connectivity index (χ2n) is 12.8. The number of nitrogens with one attached hydrogen (secondary N) is 1. The van der Waals surface area contributed by atoms with Gasteiger partial charge in [-0.3, -0.25) is 9.88 Å². The number of amidine groups is 1. The molecule has 3 saturated heterocycles. The fourth-order valence-corrected chi connectivity index (χ4v) is 7.79. The number of rotatable bonds is 4. The first-order valence-electron chi connectivity index (χ1n) is 15.0. The molecule has 0 bridgehead atoms. The highest BCUT2D eigenvalue weighted by Gasteiger charge is 2.56. The van der Waals surface area contributed by atoms with Crippen molar-refractivity contribution in [3.8, 4) is 11.3 Å². The topological polar surface area (TPSA) is 79.0 Å². The third-order valence-electron chi connectivity index (χ3n) is 9.93. The predicted octanol–water partition coefficient (Wildman–Crippen LogP) is 6.03. The highest BCUT2D eigenvalue weighted by Crippen LogP contribution is 2.48. The summed E-state index contributed by atoms with van der Waals surface area (Å²) in [6, 6.07) is 0.330. The molecule has 1 unspecified atom stereocenters. The molecule has 0 spiro atoms. The van der Waals surface area contributed by atoms with Gasteiger partial charge in [0.2, 0.25) is 6.35 Å². The lowest BCUT2D eigenvalue weighted by atomic mass is 9.94. The molecule has 3 N–H and O–H groups in total. The van der Waals surface area contributed by atoms with Crippen LogP contribution in [0.3, 0.4) is 0 Å². The predicted molar refractivity (Wildman–Crippen MR) is 154 cm³/mol.